The van der Waals surface area contributed by atoms with Crippen LogP contribution in [0.4, 0.5) is 0 Å². The molecule has 0 aliphatic heterocycles. The highest BCUT2D eigenvalue weighted by molar-refractivity contribution is 5.97. The Labute approximate surface area is 91.8 Å². The van der Waals surface area contributed by atoms with Gasteiger partial charge in [0.1, 0.15) is 0 Å². The number of hydrogen-bond acceptors (Lipinski definition) is 1. The summed E-state index contributed by atoms with van der Waals surface area (Å²) < 4.78 is 0. The highest BCUT2D eigenvalue weighted by Crippen LogP contribution is 2.16. The van der Waals surface area contributed by atoms with E-state index < -0.39 is 0 Å². The first kappa shape index (κ1) is 11.7. The Morgan fingerprint density at radius 1 is 1.13 bits per heavy atom. The van der Waals surface area contributed by atoms with E-state index in [1.165, 1.54) is 5.56 Å². The summed E-state index contributed by atoms with van der Waals surface area (Å²) in [5.41, 5.74) is 3.21. The molecule has 0 amide bonds. The van der Waals surface area contributed by atoms with Gasteiger partial charge in [0.25, 0.3) is 0 Å². The molecule has 80 valence electrons. The third-order valence-electron chi connectivity index (χ3n) is 2.54. The number of ketones is 1. The molecule has 1 nitrogen and oxygen atoms in total. The average molecular weight is 202 g/mol. The minimum atomic E-state index is 0.128. The molecule has 0 aromatic heterocycles. The van der Waals surface area contributed by atoms with Gasteiger partial charge in [-0.1, -0.05) is 38.1 Å². The Morgan fingerprint density at radius 2 is 1.67 bits per heavy atom. The molecule has 1 aromatic carbocycles. The van der Waals surface area contributed by atoms with Gasteiger partial charge >= 0.3 is 0 Å². The lowest BCUT2D eigenvalue weighted by molar-refractivity contribution is -0.113. The lowest BCUT2D eigenvalue weighted by Crippen LogP contribution is -1.91. The largest absolute Gasteiger partial charge is 0.295 e. The number of rotatable bonds is 3. The quantitative estimate of drug-likeness (QED) is 0.681. The van der Waals surface area contributed by atoms with Gasteiger partial charge < -0.3 is 0 Å². The minimum Gasteiger partial charge on any atom is -0.295 e. The van der Waals surface area contributed by atoms with Gasteiger partial charge in [-0.15, -0.1) is 0 Å². The van der Waals surface area contributed by atoms with E-state index in [9.17, 15) is 4.79 Å². The zero-order valence-corrected chi connectivity index (χ0v) is 9.87. The molecule has 1 heteroatoms. The summed E-state index contributed by atoms with van der Waals surface area (Å²) in [7, 11) is 0. The molecule has 0 radical (unpaired) electrons. The zero-order valence-electron chi connectivity index (χ0n) is 9.87. The van der Waals surface area contributed by atoms with Gasteiger partial charge in [0.15, 0.2) is 5.78 Å². The number of carbonyl (C=O) groups excluding carboxylic acids is 1. The summed E-state index contributed by atoms with van der Waals surface area (Å²) in [6, 6.07) is 8.34. The maximum atomic E-state index is 11.1. The van der Waals surface area contributed by atoms with E-state index in [1.807, 2.05) is 13.0 Å². The molecule has 0 saturated heterocycles. The van der Waals surface area contributed by atoms with Gasteiger partial charge in [-0.25, -0.2) is 0 Å². The highest BCUT2D eigenvalue weighted by Gasteiger charge is 1.99. The van der Waals surface area contributed by atoms with E-state index in [0.717, 1.165) is 11.1 Å². The van der Waals surface area contributed by atoms with Crippen molar-refractivity contribution in [3.8, 4) is 0 Å². The fraction of sp³-hybridized carbons (Fsp3) is 0.357. The van der Waals surface area contributed by atoms with Crippen LogP contribution >= 0.6 is 0 Å². The number of carbonyl (C=O) groups is 1. The van der Waals surface area contributed by atoms with E-state index in [1.54, 1.807) is 6.92 Å². The van der Waals surface area contributed by atoms with Gasteiger partial charge in [0, 0.05) is 0 Å². The molecule has 0 spiro atoms. The molecule has 0 unspecified atom stereocenters. The minimum absolute atomic E-state index is 0.128. The predicted molar refractivity (Wildman–Crippen MR) is 64.9 cm³/mol. The van der Waals surface area contributed by atoms with E-state index in [4.69, 9.17) is 0 Å². The number of allylic oxidation sites excluding steroid dienone is 1. The average Bonchev–Trinajstić information content (AvgIpc) is 2.18. The van der Waals surface area contributed by atoms with Gasteiger partial charge in [0.05, 0.1) is 0 Å². The van der Waals surface area contributed by atoms with Crippen molar-refractivity contribution in [1.29, 1.82) is 0 Å². The van der Waals surface area contributed by atoms with E-state index >= 15 is 0 Å². The van der Waals surface area contributed by atoms with Crippen LogP contribution in [0.2, 0.25) is 0 Å². The van der Waals surface area contributed by atoms with Crippen molar-refractivity contribution >= 4 is 11.9 Å². The normalized spacial score (nSPS) is 11.9. The van der Waals surface area contributed by atoms with Crippen LogP contribution in [0.3, 0.4) is 0 Å². The summed E-state index contributed by atoms with van der Waals surface area (Å²) >= 11 is 0. The molecule has 1 rings (SSSR count). The fourth-order valence-electron chi connectivity index (χ4n) is 1.33. The van der Waals surface area contributed by atoms with Crippen LogP contribution in [0.5, 0.6) is 0 Å². The second-order valence-electron chi connectivity index (χ2n) is 4.20. The Morgan fingerprint density at radius 3 is 2.07 bits per heavy atom. The molecule has 0 aliphatic rings. The first-order chi connectivity index (χ1) is 7.00. The van der Waals surface area contributed by atoms with Crippen LogP contribution in [-0.4, -0.2) is 5.78 Å². The van der Waals surface area contributed by atoms with Gasteiger partial charge in [-0.3, -0.25) is 4.79 Å². The summed E-state index contributed by atoms with van der Waals surface area (Å²) in [6.07, 6.45) is 1.92. The number of hydrogen-bond donors (Lipinski definition) is 0. The Bertz CT molecular complexity index is 369. The molecule has 15 heavy (non-hydrogen) atoms. The molecule has 0 bridgehead atoms. The second-order valence-corrected chi connectivity index (χ2v) is 4.20. The van der Waals surface area contributed by atoms with Crippen LogP contribution in [0, 0.1) is 0 Å². The maximum absolute atomic E-state index is 11.1. The van der Waals surface area contributed by atoms with Crippen molar-refractivity contribution in [2.24, 2.45) is 0 Å². The monoisotopic (exact) mass is 202 g/mol. The molecule has 0 atom stereocenters. The molecule has 0 aliphatic carbocycles. The van der Waals surface area contributed by atoms with E-state index in [2.05, 4.69) is 38.1 Å². The van der Waals surface area contributed by atoms with Crippen molar-refractivity contribution < 1.29 is 4.79 Å². The molecule has 0 N–H and O–H groups in total. The summed E-state index contributed by atoms with van der Waals surface area (Å²) in [6.45, 7) is 7.78. The Hall–Kier alpha value is -1.37. The van der Waals surface area contributed by atoms with Crippen molar-refractivity contribution in [2.75, 3.05) is 0 Å². The Balaban J connectivity index is 2.90. The summed E-state index contributed by atoms with van der Waals surface area (Å²) in [5.74, 6) is 0.680. The van der Waals surface area contributed by atoms with Crippen LogP contribution in [0.15, 0.2) is 29.8 Å². The van der Waals surface area contributed by atoms with Crippen LogP contribution < -0.4 is 0 Å². The van der Waals surface area contributed by atoms with E-state index in [-0.39, 0.29) is 5.78 Å². The topological polar surface area (TPSA) is 17.1 Å². The van der Waals surface area contributed by atoms with E-state index in [0.29, 0.717) is 5.92 Å². The smallest absolute Gasteiger partial charge is 0.155 e. The molecular weight excluding hydrogens is 184 g/mol. The lowest BCUT2D eigenvalue weighted by Gasteiger charge is -2.05. The standard InChI is InChI=1S/C14H18O/c1-10(2)14-7-5-13(6-8-14)9-11(3)12(4)15/h5-10H,1-4H3. The second kappa shape index (κ2) is 4.92. The molecule has 0 saturated carbocycles. The van der Waals surface area contributed by atoms with Crippen LogP contribution in [-0.2, 0) is 4.79 Å². The van der Waals surface area contributed by atoms with Crippen LogP contribution in [0.25, 0.3) is 6.08 Å². The molecule has 0 fully saturated rings. The van der Waals surface area contributed by atoms with Gasteiger partial charge in [-0.2, -0.15) is 0 Å². The molecular formula is C14H18O. The predicted octanol–water partition coefficient (Wildman–Crippen LogP) is 3.80. The van der Waals surface area contributed by atoms with Crippen molar-refractivity contribution in [3.05, 3.63) is 41.0 Å². The maximum Gasteiger partial charge on any atom is 0.155 e. The van der Waals surface area contributed by atoms with Gasteiger partial charge in [-0.05, 0) is 42.5 Å². The summed E-state index contributed by atoms with van der Waals surface area (Å²) in [4.78, 5) is 11.1. The first-order valence-corrected chi connectivity index (χ1v) is 5.30. The number of Topliss-reactive ketones (excluding diaryl/α,β-unsaturated/α-hetero) is 1. The summed E-state index contributed by atoms with van der Waals surface area (Å²) in [5, 5.41) is 0. The third kappa shape index (κ3) is 3.35. The SMILES string of the molecule is CC(=O)C(C)=Cc1ccc(C(C)C)cc1. The fourth-order valence-corrected chi connectivity index (χ4v) is 1.33. The molecule has 1 aromatic rings. The first-order valence-electron chi connectivity index (χ1n) is 5.30. The number of benzene rings is 1. The van der Waals surface area contributed by atoms with Crippen LogP contribution in [0.1, 0.15) is 44.7 Å². The third-order valence-corrected chi connectivity index (χ3v) is 2.54. The van der Waals surface area contributed by atoms with Crippen molar-refractivity contribution in [2.45, 2.75) is 33.6 Å². The zero-order chi connectivity index (χ0) is 11.4. The van der Waals surface area contributed by atoms with Gasteiger partial charge in [0.2, 0.25) is 0 Å². The highest BCUT2D eigenvalue weighted by atomic mass is 16.1. The van der Waals surface area contributed by atoms with Crippen molar-refractivity contribution in [3.63, 3.8) is 0 Å². The lowest BCUT2D eigenvalue weighted by atomic mass is 10.0. The molecule has 0 heterocycles. The Kier molecular flexibility index (Phi) is 3.84. The van der Waals surface area contributed by atoms with Crippen molar-refractivity contribution in [1.82, 2.24) is 0 Å².